The quantitative estimate of drug-likeness (QED) is 0.774. The molecule has 1 aromatic rings. The molecular formula is C18H25N3O4S. The van der Waals surface area contributed by atoms with Crippen molar-refractivity contribution in [3.05, 3.63) is 29.8 Å². The second-order valence-electron chi connectivity index (χ2n) is 6.91. The highest BCUT2D eigenvalue weighted by Crippen LogP contribution is 2.27. The van der Waals surface area contributed by atoms with Crippen LogP contribution in [0.5, 0.6) is 0 Å². The van der Waals surface area contributed by atoms with Gasteiger partial charge in [0.2, 0.25) is 15.9 Å². The molecule has 1 saturated carbocycles. The van der Waals surface area contributed by atoms with Gasteiger partial charge in [0.15, 0.2) is 0 Å². The molecular weight excluding hydrogens is 354 g/mol. The predicted molar refractivity (Wildman–Crippen MR) is 97.1 cm³/mol. The van der Waals surface area contributed by atoms with Crippen LogP contribution in [0.2, 0.25) is 0 Å². The minimum Gasteiger partial charge on any atom is -0.354 e. The Morgan fingerprint density at radius 2 is 2.04 bits per heavy atom. The van der Waals surface area contributed by atoms with Crippen molar-refractivity contribution in [1.29, 1.82) is 0 Å². The molecule has 0 aromatic heterocycles. The molecule has 0 radical (unpaired) electrons. The van der Waals surface area contributed by atoms with E-state index in [0.717, 1.165) is 10.7 Å². The zero-order valence-corrected chi connectivity index (χ0v) is 15.6. The van der Waals surface area contributed by atoms with Gasteiger partial charge in [-0.25, -0.2) is 8.42 Å². The molecule has 3 rings (SSSR count). The van der Waals surface area contributed by atoms with Gasteiger partial charge in [0.05, 0.1) is 11.4 Å². The van der Waals surface area contributed by atoms with Crippen LogP contribution in [-0.2, 0) is 14.8 Å². The number of carbonyl (C=O) groups excluding carboxylic acids is 2. The van der Waals surface area contributed by atoms with Crippen LogP contribution in [0.4, 0.5) is 0 Å². The Balaban J connectivity index is 1.64. The van der Waals surface area contributed by atoms with Crippen LogP contribution in [0, 0.1) is 5.92 Å². The lowest BCUT2D eigenvalue weighted by molar-refractivity contribution is -0.122. The van der Waals surface area contributed by atoms with E-state index in [4.69, 9.17) is 0 Å². The maximum absolute atomic E-state index is 12.7. The highest BCUT2D eigenvalue weighted by molar-refractivity contribution is 7.89. The second-order valence-corrected chi connectivity index (χ2v) is 8.85. The van der Waals surface area contributed by atoms with Gasteiger partial charge in [-0.15, -0.1) is 0 Å². The van der Waals surface area contributed by atoms with E-state index in [1.165, 1.54) is 37.8 Å². The lowest BCUT2D eigenvalue weighted by Gasteiger charge is -2.26. The van der Waals surface area contributed by atoms with E-state index in [9.17, 15) is 18.0 Å². The number of nitrogens with zero attached hydrogens (tertiary/aromatic N) is 1. The van der Waals surface area contributed by atoms with Gasteiger partial charge in [0.25, 0.3) is 5.91 Å². The summed E-state index contributed by atoms with van der Waals surface area (Å²) < 4.78 is 26.6. The number of amides is 2. The Morgan fingerprint density at radius 3 is 2.77 bits per heavy atom. The first-order chi connectivity index (χ1) is 12.5. The normalized spacial score (nSPS) is 19.3. The number of hydrogen-bond donors (Lipinski definition) is 2. The zero-order valence-electron chi connectivity index (χ0n) is 14.7. The van der Waals surface area contributed by atoms with Crippen molar-refractivity contribution in [3.63, 3.8) is 0 Å². The summed E-state index contributed by atoms with van der Waals surface area (Å²) in [6, 6.07) is 6.00. The van der Waals surface area contributed by atoms with E-state index in [0.29, 0.717) is 24.6 Å². The van der Waals surface area contributed by atoms with E-state index in [1.807, 2.05) is 0 Å². The third-order valence-corrected chi connectivity index (χ3v) is 6.89. The summed E-state index contributed by atoms with van der Waals surface area (Å²) in [6.45, 7) is 0.929. The summed E-state index contributed by atoms with van der Waals surface area (Å²) in [5.74, 6) is 0.101. The summed E-state index contributed by atoms with van der Waals surface area (Å²) in [4.78, 5) is 23.9. The molecule has 1 saturated heterocycles. The number of rotatable bonds is 6. The van der Waals surface area contributed by atoms with Crippen molar-refractivity contribution in [2.24, 2.45) is 5.92 Å². The Bertz CT molecular complexity index is 772. The lowest BCUT2D eigenvalue weighted by atomic mass is 10.0. The topological polar surface area (TPSA) is 95.6 Å². The highest BCUT2D eigenvalue weighted by atomic mass is 32.2. The van der Waals surface area contributed by atoms with Crippen LogP contribution in [-0.4, -0.2) is 50.7 Å². The summed E-state index contributed by atoms with van der Waals surface area (Å²) in [7, 11) is -3.79. The number of hydrogen-bond acceptors (Lipinski definition) is 4. The number of benzene rings is 1. The molecule has 2 aliphatic rings. The van der Waals surface area contributed by atoms with Gasteiger partial charge in [-0.2, -0.15) is 4.31 Å². The third kappa shape index (κ3) is 4.42. The Kier molecular flexibility index (Phi) is 5.93. The average Bonchev–Trinajstić information content (AvgIpc) is 3.15. The monoisotopic (exact) mass is 379 g/mol. The molecule has 1 aliphatic heterocycles. The molecule has 0 atom stereocenters. The van der Waals surface area contributed by atoms with Gasteiger partial charge < -0.3 is 10.6 Å². The first-order valence-corrected chi connectivity index (χ1v) is 10.6. The molecule has 1 aliphatic carbocycles. The van der Waals surface area contributed by atoms with Crippen LogP contribution in [0.25, 0.3) is 0 Å². The minimum absolute atomic E-state index is 0.0376. The first-order valence-electron chi connectivity index (χ1n) is 9.12. The summed E-state index contributed by atoms with van der Waals surface area (Å²) >= 11 is 0. The van der Waals surface area contributed by atoms with E-state index in [1.54, 1.807) is 12.1 Å². The van der Waals surface area contributed by atoms with E-state index in [-0.39, 0.29) is 29.8 Å². The summed E-state index contributed by atoms with van der Waals surface area (Å²) in [5.41, 5.74) is 0.318. The number of nitrogens with one attached hydrogen (secondary N) is 2. The smallest absolute Gasteiger partial charge is 0.251 e. The van der Waals surface area contributed by atoms with E-state index >= 15 is 0 Å². The SMILES string of the molecule is O=C1CN(S(=O)(=O)c2cccc(C(=O)NCCC3CCCC3)c2)CCN1. The molecule has 7 nitrogen and oxygen atoms in total. The first kappa shape index (κ1) is 18.8. The van der Waals surface area contributed by atoms with E-state index in [2.05, 4.69) is 10.6 Å². The molecule has 0 spiro atoms. The number of sulfonamides is 1. The van der Waals surface area contributed by atoms with Gasteiger partial charge >= 0.3 is 0 Å². The molecule has 142 valence electrons. The van der Waals surface area contributed by atoms with Gasteiger partial charge in [0.1, 0.15) is 0 Å². The molecule has 2 N–H and O–H groups in total. The maximum atomic E-state index is 12.7. The summed E-state index contributed by atoms with van der Waals surface area (Å²) in [6.07, 6.45) is 5.97. The standard InChI is InChI=1S/C18H25N3O4S/c22-17-13-21(11-10-19-17)26(24,25)16-7-3-6-15(12-16)18(23)20-9-8-14-4-1-2-5-14/h3,6-7,12,14H,1-2,4-5,8-11,13H2,(H,19,22)(H,20,23). The van der Waals surface area contributed by atoms with Crippen molar-refractivity contribution in [3.8, 4) is 0 Å². The molecule has 2 fully saturated rings. The molecule has 0 bridgehead atoms. The largest absolute Gasteiger partial charge is 0.354 e. The molecule has 2 amide bonds. The molecule has 26 heavy (non-hydrogen) atoms. The van der Waals surface area contributed by atoms with Crippen LogP contribution < -0.4 is 10.6 Å². The Labute approximate surface area is 154 Å². The second kappa shape index (κ2) is 8.18. The molecule has 8 heteroatoms. The molecule has 1 heterocycles. The predicted octanol–water partition coefficient (Wildman–Crippen LogP) is 1.12. The van der Waals surface area contributed by atoms with Crippen LogP contribution >= 0.6 is 0 Å². The molecule has 1 aromatic carbocycles. The fraction of sp³-hybridized carbons (Fsp3) is 0.556. The summed E-state index contributed by atoms with van der Waals surface area (Å²) in [5, 5.41) is 5.48. The fourth-order valence-electron chi connectivity index (χ4n) is 3.56. The highest BCUT2D eigenvalue weighted by Gasteiger charge is 2.29. The van der Waals surface area contributed by atoms with Gasteiger partial charge in [-0.05, 0) is 30.5 Å². The van der Waals surface area contributed by atoms with Crippen LogP contribution in [0.3, 0.4) is 0 Å². The lowest BCUT2D eigenvalue weighted by Crippen LogP contribution is -2.49. The van der Waals surface area contributed by atoms with Crippen LogP contribution in [0.15, 0.2) is 29.2 Å². The third-order valence-electron chi connectivity index (χ3n) is 5.05. The van der Waals surface area contributed by atoms with Crippen molar-refractivity contribution in [2.75, 3.05) is 26.2 Å². The van der Waals surface area contributed by atoms with E-state index < -0.39 is 10.0 Å². The van der Waals surface area contributed by atoms with Gasteiger partial charge in [-0.1, -0.05) is 31.7 Å². The average molecular weight is 379 g/mol. The van der Waals surface area contributed by atoms with Crippen LogP contribution in [0.1, 0.15) is 42.5 Å². The minimum atomic E-state index is -3.79. The van der Waals surface area contributed by atoms with Crippen molar-refractivity contribution in [1.82, 2.24) is 14.9 Å². The molecule has 0 unspecified atom stereocenters. The van der Waals surface area contributed by atoms with Gasteiger partial charge in [-0.3, -0.25) is 9.59 Å². The zero-order chi connectivity index (χ0) is 18.6. The fourth-order valence-corrected chi connectivity index (χ4v) is 5.00. The number of carbonyl (C=O) groups is 2. The van der Waals surface area contributed by atoms with Crippen molar-refractivity contribution >= 4 is 21.8 Å². The maximum Gasteiger partial charge on any atom is 0.251 e. The van der Waals surface area contributed by atoms with Crippen molar-refractivity contribution in [2.45, 2.75) is 37.0 Å². The Morgan fingerprint density at radius 1 is 1.27 bits per heavy atom. The number of piperazine rings is 1. The van der Waals surface area contributed by atoms with Crippen molar-refractivity contribution < 1.29 is 18.0 Å². The Hall–Kier alpha value is -1.93. The van der Waals surface area contributed by atoms with Gasteiger partial charge in [0, 0.05) is 25.2 Å².